The van der Waals surface area contributed by atoms with E-state index in [0.717, 1.165) is 21.9 Å². The third-order valence-corrected chi connectivity index (χ3v) is 6.73. The monoisotopic (exact) mass is 412 g/mol. The Hall–Kier alpha value is -2.58. The number of nitrogens with one attached hydrogen (secondary N) is 1. The van der Waals surface area contributed by atoms with Crippen LogP contribution in [0.2, 0.25) is 0 Å². The van der Waals surface area contributed by atoms with Gasteiger partial charge in [0.05, 0.1) is 33.8 Å². The number of nitrogens with zero attached hydrogens (tertiary/aromatic N) is 3. The second-order valence-corrected chi connectivity index (χ2v) is 8.43. The summed E-state index contributed by atoms with van der Waals surface area (Å²) in [4.78, 5) is 12.9. The van der Waals surface area contributed by atoms with Gasteiger partial charge in [-0.15, -0.1) is 21.5 Å². The van der Waals surface area contributed by atoms with E-state index >= 15 is 0 Å². The summed E-state index contributed by atoms with van der Waals surface area (Å²) in [6.07, 6.45) is 0.669. The number of methoxy groups -OCH3 is 1. The van der Waals surface area contributed by atoms with Gasteiger partial charge in [-0.05, 0) is 43.0 Å². The molecule has 0 fully saturated rings. The number of benzene rings is 1. The van der Waals surface area contributed by atoms with Crippen LogP contribution in [0.3, 0.4) is 0 Å². The van der Waals surface area contributed by atoms with Crippen molar-refractivity contribution in [3.63, 3.8) is 0 Å². The molecule has 0 saturated carbocycles. The Morgan fingerprint density at radius 3 is 2.89 bits per heavy atom. The molecule has 144 valence electrons. The van der Waals surface area contributed by atoms with Gasteiger partial charge in [-0.1, -0.05) is 30.8 Å². The maximum Gasteiger partial charge on any atom is 0.238 e. The first kappa shape index (κ1) is 18.8. The Bertz CT molecular complexity index is 1150. The van der Waals surface area contributed by atoms with Crippen molar-refractivity contribution >= 4 is 50.4 Å². The van der Waals surface area contributed by atoms with E-state index in [1.165, 1.54) is 16.5 Å². The molecular weight excluding hydrogens is 392 g/mol. The molecule has 0 aliphatic rings. The molecular formula is C20H20N4O2S2. The van der Waals surface area contributed by atoms with E-state index in [2.05, 4.69) is 37.4 Å². The molecule has 0 aliphatic carbocycles. The first-order valence-electron chi connectivity index (χ1n) is 8.94. The fraction of sp³-hybridized carbons (Fsp3) is 0.250. The lowest BCUT2D eigenvalue weighted by Crippen LogP contribution is -2.25. The van der Waals surface area contributed by atoms with E-state index in [1.54, 1.807) is 18.4 Å². The van der Waals surface area contributed by atoms with Gasteiger partial charge in [0.1, 0.15) is 16.6 Å². The SMILES string of the molecule is CCC(Sc1nnc(C)n2c1cc1sccc12)C(=O)Nc1ccccc1OC. The number of hydrogen-bond donors (Lipinski definition) is 1. The van der Waals surface area contributed by atoms with Crippen molar-refractivity contribution < 1.29 is 9.53 Å². The van der Waals surface area contributed by atoms with Crippen LogP contribution in [-0.2, 0) is 4.79 Å². The lowest BCUT2D eigenvalue weighted by Gasteiger charge is -2.16. The third kappa shape index (κ3) is 3.33. The molecule has 1 unspecified atom stereocenters. The molecule has 1 atom stereocenters. The number of carbonyl (C=O) groups is 1. The van der Waals surface area contributed by atoms with E-state index in [9.17, 15) is 4.79 Å². The third-order valence-electron chi connectivity index (χ3n) is 4.53. The van der Waals surface area contributed by atoms with Gasteiger partial charge in [0.25, 0.3) is 0 Å². The fourth-order valence-electron chi connectivity index (χ4n) is 3.15. The van der Waals surface area contributed by atoms with Crippen LogP contribution in [0.4, 0.5) is 5.69 Å². The number of amides is 1. The Balaban J connectivity index is 1.63. The lowest BCUT2D eigenvalue weighted by atomic mass is 10.2. The highest BCUT2D eigenvalue weighted by molar-refractivity contribution is 8.00. The maximum atomic E-state index is 12.9. The first-order chi connectivity index (χ1) is 13.6. The zero-order valence-electron chi connectivity index (χ0n) is 15.8. The summed E-state index contributed by atoms with van der Waals surface area (Å²) in [5.74, 6) is 1.39. The Morgan fingerprint density at radius 1 is 1.29 bits per heavy atom. The number of ether oxygens (including phenoxy) is 1. The lowest BCUT2D eigenvalue weighted by molar-refractivity contribution is -0.115. The smallest absolute Gasteiger partial charge is 0.238 e. The summed E-state index contributed by atoms with van der Waals surface area (Å²) in [6, 6.07) is 11.6. The highest BCUT2D eigenvalue weighted by Gasteiger charge is 2.22. The molecule has 3 aromatic heterocycles. The molecule has 0 radical (unpaired) electrons. The first-order valence-corrected chi connectivity index (χ1v) is 10.7. The largest absolute Gasteiger partial charge is 0.495 e. The zero-order valence-corrected chi connectivity index (χ0v) is 17.4. The molecule has 1 amide bonds. The van der Waals surface area contributed by atoms with Crippen LogP contribution in [0.5, 0.6) is 5.75 Å². The molecule has 3 heterocycles. The number of aryl methyl sites for hydroxylation is 1. The number of carbonyl (C=O) groups excluding carboxylic acids is 1. The summed E-state index contributed by atoms with van der Waals surface area (Å²) in [5.41, 5.74) is 2.78. The van der Waals surface area contributed by atoms with Crippen molar-refractivity contribution in [3.8, 4) is 5.75 Å². The average Bonchev–Trinajstić information content (AvgIpc) is 3.29. The standard InChI is InChI=1S/C20H20N4O2S2/c1-4-17(19(25)21-13-7-5-6-8-16(13)26-3)28-20-15-11-18-14(9-10-27-18)24(15)12(2)22-23-20/h5-11,17H,4H2,1-3H3,(H,21,25). The van der Waals surface area contributed by atoms with Crippen molar-refractivity contribution in [2.75, 3.05) is 12.4 Å². The molecule has 8 heteroatoms. The minimum absolute atomic E-state index is 0.0779. The fourth-order valence-corrected chi connectivity index (χ4v) is 4.91. The molecule has 0 spiro atoms. The summed E-state index contributed by atoms with van der Waals surface area (Å²) >= 11 is 3.13. The van der Waals surface area contributed by atoms with Gasteiger partial charge in [0.2, 0.25) is 5.91 Å². The molecule has 6 nitrogen and oxygen atoms in total. The van der Waals surface area contributed by atoms with Crippen molar-refractivity contribution in [1.29, 1.82) is 0 Å². The van der Waals surface area contributed by atoms with E-state index in [0.29, 0.717) is 17.9 Å². The molecule has 0 bridgehead atoms. The van der Waals surface area contributed by atoms with Gasteiger partial charge in [-0.2, -0.15) is 0 Å². The van der Waals surface area contributed by atoms with E-state index in [-0.39, 0.29) is 11.2 Å². The number of thiophene rings is 1. The normalized spacial score (nSPS) is 12.4. The second kappa shape index (κ2) is 7.81. The van der Waals surface area contributed by atoms with Gasteiger partial charge in [0, 0.05) is 0 Å². The van der Waals surface area contributed by atoms with Crippen molar-refractivity contribution in [1.82, 2.24) is 14.6 Å². The zero-order chi connectivity index (χ0) is 19.7. The molecule has 0 aliphatic heterocycles. The number of fused-ring (bicyclic) bond motifs is 3. The van der Waals surface area contributed by atoms with Crippen LogP contribution in [0.25, 0.3) is 15.7 Å². The quantitative estimate of drug-likeness (QED) is 0.462. The molecule has 1 aromatic carbocycles. The van der Waals surface area contributed by atoms with Crippen LogP contribution < -0.4 is 10.1 Å². The van der Waals surface area contributed by atoms with Gasteiger partial charge >= 0.3 is 0 Å². The highest BCUT2D eigenvalue weighted by atomic mass is 32.2. The number of anilines is 1. The van der Waals surface area contributed by atoms with Crippen LogP contribution in [0.15, 0.2) is 46.8 Å². The van der Waals surface area contributed by atoms with E-state index in [1.807, 2.05) is 38.1 Å². The van der Waals surface area contributed by atoms with Crippen molar-refractivity contribution in [3.05, 3.63) is 47.6 Å². The molecule has 28 heavy (non-hydrogen) atoms. The second-order valence-electron chi connectivity index (χ2n) is 6.29. The van der Waals surface area contributed by atoms with E-state index in [4.69, 9.17) is 4.74 Å². The summed E-state index contributed by atoms with van der Waals surface area (Å²) in [5, 5.41) is 14.2. The summed E-state index contributed by atoms with van der Waals surface area (Å²) in [7, 11) is 1.59. The van der Waals surface area contributed by atoms with Crippen LogP contribution in [0.1, 0.15) is 19.2 Å². The summed E-state index contributed by atoms with van der Waals surface area (Å²) < 4.78 is 8.62. The molecule has 4 aromatic rings. The number of hydrogen-bond acceptors (Lipinski definition) is 6. The van der Waals surface area contributed by atoms with Crippen molar-refractivity contribution in [2.24, 2.45) is 0 Å². The van der Waals surface area contributed by atoms with E-state index < -0.39 is 0 Å². The predicted octanol–water partition coefficient (Wildman–Crippen LogP) is 4.77. The van der Waals surface area contributed by atoms with Gasteiger partial charge < -0.3 is 10.1 Å². The Labute approximate surface area is 170 Å². The number of para-hydroxylation sites is 2. The van der Waals surface area contributed by atoms with Crippen molar-refractivity contribution in [2.45, 2.75) is 30.5 Å². The molecule has 4 rings (SSSR count). The van der Waals surface area contributed by atoms with Gasteiger partial charge in [-0.25, -0.2) is 0 Å². The average molecular weight is 413 g/mol. The summed E-state index contributed by atoms with van der Waals surface area (Å²) in [6.45, 7) is 3.94. The highest BCUT2D eigenvalue weighted by Crippen LogP contribution is 2.34. The van der Waals surface area contributed by atoms with Crippen LogP contribution in [0, 0.1) is 6.92 Å². The van der Waals surface area contributed by atoms with Crippen LogP contribution in [-0.4, -0.2) is 32.9 Å². The topological polar surface area (TPSA) is 68.5 Å². The molecule has 0 saturated heterocycles. The minimum Gasteiger partial charge on any atom is -0.495 e. The minimum atomic E-state index is -0.293. The Kier molecular flexibility index (Phi) is 5.23. The number of aromatic nitrogens is 3. The Morgan fingerprint density at radius 2 is 2.11 bits per heavy atom. The molecule has 1 N–H and O–H groups in total. The maximum absolute atomic E-state index is 12.9. The predicted molar refractivity (Wildman–Crippen MR) is 115 cm³/mol. The number of thioether (sulfide) groups is 1. The van der Waals surface area contributed by atoms with Gasteiger partial charge in [0.15, 0.2) is 0 Å². The van der Waals surface area contributed by atoms with Crippen LogP contribution >= 0.6 is 23.1 Å². The van der Waals surface area contributed by atoms with Gasteiger partial charge in [-0.3, -0.25) is 9.20 Å². The number of rotatable bonds is 6.